The Hall–Kier alpha value is -4.35. The molecule has 0 saturated heterocycles. The quantitative estimate of drug-likeness (QED) is 0.0625. The van der Waals surface area contributed by atoms with Crippen molar-refractivity contribution in [3.05, 3.63) is 172 Å². The first-order valence-electron chi connectivity index (χ1n) is 25.0. The number of pyridine rings is 2. The number of halogens is 1. The van der Waals surface area contributed by atoms with Gasteiger partial charge in [-0.05, 0) is 111 Å². The monoisotopic (exact) mass is 1130 g/mol. The molecule has 0 atom stereocenters. The zero-order valence-corrected chi connectivity index (χ0v) is 47.6. The van der Waals surface area contributed by atoms with Crippen LogP contribution in [0.15, 0.2) is 146 Å². The van der Waals surface area contributed by atoms with Gasteiger partial charge in [-0.15, -0.1) is 0 Å². The average molecular weight is 1130 g/mol. The van der Waals surface area contributed by atoms with Crippen molar-refractivity contribution in [3.63, 3.8) is 0 Å². The average Bonchev–Trinajstić information content (AvgIpc) is 3.33. The van der Waals surface area contributed by atoms with Crippen molar-refractivity contribution in [2.24, 2.45) is 0 Å². The van der Waals surface area contributed by atoms with Gasteiger partial charge in [0.1, 0.15) is 0 Å². The van der Waals surface area contributed by atoms with Gasteiger partial charge in [-0.2, -0.15) is 0 Å². The zero-order chi connectivity index (χ0) is 49.4. The molecule has 0 spiro atoms. The number of carbonyl (C=O) groups excluding carboxylic acids is 2. The van der Waals surface area contributed by atoms with Crippen LogP contribution >= 0.6 is 22.6 Å². The zero-order valence-electron chi connectivity index (χ0n) is 42.6. The van der Waals surface area contributed by atoms with Crippen LogP contribution < -0.4 is 14.3 Å². The van der Waals surface area contributed by atoms with Crippen LogP contribution in [-0.4, -0.2) is 40.2 Å². The molecule has 6 rings (SSSR count). The van der Waals surface area contributed by atoms with Gasteiger partial charge in [0.2, 0.25) is 11.8 Å². The maximum absolute atomic E-state index is 12.3. The molecule has 8 heteroatoms. The second-order valence-corrected chi connectivity index (χ2v) is 34.4. The van der Waals surface area contributed by atoms with Crippen LogP contribution in [0, 0.1) is 3.57 Å². The van der Waals surface area contributed by atoms with Gasteiger partial charge >= 0.3 is 124 Å². The number of rotatable bonds is 19. The Bertz CT molecular complexity index is 2350. The summed E-state index contributed by atoms with van der Waals surface area (Å²) >= 11 is 0.0339. The normalized spacial score (nSPS) is 11.4. The number of hydrogen-bond acceptors (Lipinski definition) is 4. The Balaban J connectivity index is 0.000000227. The molecule has 4 aromatic carbocycles. The van der Waals surface area contributed by atoms with Gasteiger partial charge < -0.3 is 10.6 Å². The number of anilines is 2. The van der Waals surface area contributed by atoms with E-state index < -0.39 is 18.4 Å². The van der Waals surface area contributed by atoms with E-state index in [-0.39, 0.29) is 22.6 Å². The van der Waals surface area contributed by atoms with Crippen LogP contribution in [0.5, 0.6) is 0 Å². The Morgan fingerprint density at radius 3 is 1.40 bits per heavy atom. The molecule has 2 aromatic heterocycles. The van der Waals surface area contributed by atoms with Crippen LogP contribution in [0.3, 0.4) is 0 Å². The van der Waals surface area contributed by atoms with E-state index in [2.05, 4.69) is 167 Å². The molecule has 0 fully saturated rings. The van der Waals surface area contributed by atoms with E-state index in [0.29, 0.717) is 12.8 Å². The number of nitrogens with one attached hydrogen (secondary N) is 2. The Morgan fingerprint density at radius 1 is 0.529 bits per heavy atom. The fourth-order valence-corrected chi connectivity index (χ4v) is 24.1. The van der Waals surface area contributed by atoms with Gasteiger partial charge in [-0.1, -0.05) is 114 Å². The van der Waals surface area contributed by atoms with E-state index in [1.807, 2.05) is 72.9 Å². The van der Waals surface area contributed by atoms with Gasteiger partial charge in [-0.25, -0.2) is 0 Å². The van der Waals surface area contributed by atoms with Gasteiger partial charge in [-0.3, -0.25) is 14.6 Å². The van der Waals surface area contributed by atoms with Gasteiger partial charge in [0.15, 0.2) is 0 Å². The second kappa shape index (κ2) is 29.0. The Kier molecular flexibility index (Phi) is 24.0. The first kappa shape index (κ1) is 56.2. The number of amides is 2. The molecule has 0 unspecified atom stereocenters. The molecule has 0 aliphatic rings. The first-order valence-corrected chi connectivity index (χ1v) is 33.6. The third-order valence-corrected chi connectivity index (χ3v) is 28.2. The summed E-state index contributed by atoms with van der Waals surface area (Å²) in [5, 5.41) is 5.94. The van der Waals surface area contributed by atoms with Gasteiger partial charge in [0.25, 0.3) is 0 Å². The third-order valence-electron chi connectivity index (χ3n) is 12.4. The molecule has 0 aliphatic carbocycles. The summed E-state index contributed by atoms with van der Waals surface area (Å²) < 4.78 is 7.22. The Labute approximate surface area is 428 Å². The van der Waals surface area contributed by atoms with Crippen molar-refractivity contribution in [2.75, 3.05) is 10.6 Å². The molecule has 6 aromatic rings. The molecular formula is C60H79IN4O2Sn. The van der Waals surface area contributed by atoms with E-state index in [1.54, 1.807) is 9.91 Å². The number of benzene rings is 4. The number of carbonyl (C=O) groups is 2. The molecule has 0 saturated carbocycles. The number of aromatic nitrogens is 2. The summed E-state index contributed by atoms with van der Waals surface area (Å²) in [6, 6.07) is 45.2. The molecule has 2 N–H and O–H groups in total. The molecule has 0 aliphatic heterocycles. The van der Waals surface area contributed by atoms with E-state index in [9.17, 15) is 9.59 Å². The number of aryl methyl sites for hydroxylation is 2. The molecular weight excluding hydrogens is 1050 g/mol. The maximum atomic E-state index is 12.3. The van der Waals surface area contributed by atoms with Crippen LogP contribution in [0.4, 0.5) is 11.4 Å². The minimum atomic E-state index is -2.21. The van der Waals surface area contributed by atoms with Gasteiger partial charge in [0.05, 0.1) is 5.69 Å². The number of unbranched alkanes of at least 4 members (excludes halogenated alkanes) is 3. The standard InChI is InChI=1S/C24H26N2O.C19H22INO.C5H4N.3C4H9.Sn/c1-24(2,3)20-13-10-18(11-14-20)12-15-23(27)26-21-8-6-7-19(17-21)22-9-4-5-16-25-22;1-19(2,3)15-10-7-14(8-11-15)9-12-18(22)21-17-6-4-5-16(20)13-17;1-2-4-6-5-3-1;3*1-3-4-2;/h4-11,13-14,16-17H,12,15H2,1-3H3,(H,26,27);4-8,10-11,13H,9,12H2,1-3H3,(H,21,22);1-4H;3*1,3-4H2,2H3;. The second-order valence-electron chi connectivity index (χ2n) is 20.1. The predicted octanol–water partition coefficient (Wildman–Crippen LogP) is 15.9. The molecule has 2 heterocycles. The molecule has 2 amide bonds. The van der Waals surface area contributed by atoms with Crippen LogP contribution in [0.2, 0.25) is 13.3 Å². The van der Waals surface area contributed by atoms with Crippen LogP contribution in [0.1, 0.15) is 136 Å². The van der Waals surface area contributed by atoms with E-state index >= 15 is 0 Å². The summed E-state index contributed by atoms with van der Waals surface area (Å²) in [5.41, 5.74) is 8.87. The van der Waals surface area contributed by atoms with Crippen molar-refractivity contribution in [1.82, 2.24) is 9.97 Å². The number of hydrogen-bond donors (Lipinski definition) is 2. The molecule has 68 heavy (non-hydrogen) atoms. The van der Waals surface area contributed by atoms with E-state index in [4.69, 9.17) is 4.98 Å². The summed E-state index contributed by atoms with van der Waals surface area (Å²) in [7, 11) is 0. The van der Waals surface area contributed by atoms with Crippen LogP contribution in [-0.2, 0) is 33.3 Å². The predicted molar refractivity (Wildman–Crippen MR) is 302 cm³/mol. The molecule has 6 nitrogen and oxygen atoms in total. The topological polar surface area (TPSA) is 84.0 Å². The van der Waals surface area contributed by atoms with Crippen molar-refractivity contribution >= 4 is 67.9 Å². The van der Waals surface area contributed by atoms with Crippen molar-refractivity contribution in [3.8, 4) is 11.3 Å². The summed E-state index contributed by atoms with van der Waals surface area (Å²) in [6.07, 6.45) is 14.5. The van der Waals surface area contributed by atoms with Crippen LogP contribution in [0.25, 0.3) is 11.3 Å². The molecule has 0 bridgehead atoms. The van der Waals surface area contributed by atoms with Crippen molar-refractivity contribution in [2.45, 2.75) is 151 Å². The van der Waals surface area contributed by atoms with E-state index in [1.165, 1.54) is 74.1 Å². The summed E-state index contributed by atoms with van der Waals surface area (Å²) in [5.74, 6) is 0.0787. The number of nitrogens with zero attached hydrogens (tertiary/aromatic N) is 2. The fourth-order valence-electron chi connectivity index (χ4n) is 8.14. The van der Waals surface area contributed by atoms with Crippen molar-refractivity contribution in [1.29, 1.82) is 0 Å². The van der Waals surface area contributed by atoms with E-state index in [0.717, 1.165) is 39.0 Å². The SMILES string of the molecule is CC(C)(C)c1ccc(CCC(=O)Nc2cccc(-c3ccccn3)c2)cc1.CC(C)(C)c1ccc(CCC(=O)Nc2cccc(I)c2)cc1.CCC[CH2][Sn]([CH2]CCC)([CH2]CCC)[c]1ccccn1. The first-order chi connectivity index (χ1) is 32.5. The summed E-state index contributed by atoms with van der Waals surface area (Å²) in [4.78, 5) is 33.5. The minimum absolute atomic E-state index is 0.0214. The van der Waals surface area contributed by atoms with Crippen molar-refractivity contribution < 1.29 is 9.59 Å². The fraction of sp³-hybridized carbons (Fsp3) is 0.400. The van der Waals surface area contributed by atoms with Gasteiger partial charge in [0, 0.05) is 39.5 Å². The summed E-state index contributed by atoms with van der Waals surface area (Å²) in [6.45, 7) is 20.2. The Morgan fingerprint density at radius 2 is 0.985 bits per heavy atom. The molecule has 362 valence electrons. The molecule has 0 radical (unpaired) electrons. The third kappa shape index (κ3) is 19.9.